The predicted molar refractivity (Wildman–Crippen MR) is 195 cm³/mol. The van der Waals surface area contributed by atoms with Crippen LogP contribution in [0.5, 0.6) is 0 Å². The van der Waals surface area contributed by atoms with Crippen LogP contribution >= 0.6 is 0 Å². The number of aliphatic carboxylic acids is 1. The molecule has 15 nitrogen and oxygen atoms in total. The van der Waals surface area contributed by atoms with Gasteiger partial charge in [0.1, 0.15) is 12.2 Å². The first kappa shape index (κ1) is 45.5. The van der Waals surface area contributed by atoms with Gasteiger partial charge >= 0.3 is 11.9 Å². The average Bonchev–Trinajstić information content (AvgIpc) is 3.50. The zero-order valence-corrected chi connectivity index (χ0v) is 32.4. The summed E-state index contributed by atoms with van der Waals surface area (Å²) in [7, 11) is 0. The van der Waals surface area contributed by atoms with Crippen molar-refractivity contribution < 1.29 is 74.2 Å². The highest BCUT2D eigenvalue weighted by Gasteiger charge is 2.45. The smallest absolute Gasteiger partial charge is 0.378 e. The topological polar surface area (TPSA) is 258 Å². The molecule has 0 saturated heterocycles. The van der Waals surface area contributed by atoms with Gasteiger partial charge in [-0.2, -0.15) is 0 Å². The molecule has 6 atom stereocenters. The number of carboxylic acids is 1. The molecule has 2 unspecified atom stereocenters. The summed E-state index contributed by atoms with van der Waals surface area (Å²) < 4.78 is 15.3. The summed E-state index contributed by atoms with van der Waals surface area (Å²) in [5.74, 6) is -5.74. The van der Waals surface area contributed by atoms with Crippen molar-refractivity contribution >= 4 is 23.5 Å². The first-order valence-corrected chi connectivity index (χ1v) is 17.2. The molecule has 0 aromatic heterocycles. The molecule has 0 amide bonds. The normalized spacial score (nSPS) is 25.8. The fourth-order valence-corrected chi connectivity index (χ4v) is 6.37. The van der Waals surface area contributed by atoms with Crippen LogP contribution in [0.25, 0.3) is 0 Å². The minimum absolute atomic E-state index is 0.0579. The molecule has 4 aliphatic rings. The Labute approximate surface area is 314 Å². The molecule has 2 aliphatic heterocycles. The first-order chi connectivity index (χ1) is 24.7. The molecule has 0 radical (unpaired) electrons. The Kier molecular flexibility index (Phi) is 14.8. The summed E-state index contributed by atoms with van der Waals surface area (Å²) >= 11 is 0. The molecule has 0 fully saturated rings. The predicted octanol–water partition coefficient (Wildman–Crippen LogP) is 4.00. The second kappa shape index (κ2) is 17.6. The van der Waals surface area contributed by atoms with E-state index in [0.29, 0.717) is 24.0 Å². The van der Waals surface area contributed by atoms with E-state index in [0.717, 1.165) is 16.7 Å². The highest BCUT2D eigenvalue weighted by atomic mass is 16.6. The number of esters is 1. The minimum atomic E-state index is -2.09. The maximum Gasteiger partial charge on any atom is 0.378 e. The molecule has 0 spiro atoms. The van der Waals surface area contributed by atoms with Crippen LogP contribution in [0.4, 0.5) is 0 Å². The monoisotopic (exact) mass is 762 g/mol. The van der Waals surface area contributed by atoms with Gasteiger partial charge in [0.15, 0.2) is 59.0 Å². The summed E-state index contributed by atoms with van der Waals surface area (Å²) in [6, 6.07) is 0. The van der Waals surface area contributed by atoms with Crippen LogP contribution in [-0.2, 0) is 33.4 Å². The molecule has 4 rings (SSSR count). The third-order valence-corrected chi connectivity index (χ3v) is 9.18. The molecule has 2 heterocycles. The number of carbonyl (C=O) groups is 4. The van der Waals surface area contributed by atoms with Gasteiger partial charge in [0.25, 0.3) is 0 Å². The molecular weight excluding hydrogens is 708 g/mol. The Bertz CT molecular complexity index is 1720. The summed E-state index contributed by atoms with van der Waals surface area (Å²) in [4.78, 5) is 45.2. The van der Waals surface area contributed by atoms with E-state index in [1.165, 1.54) is 5.57 Å². The summed E-state index contributed by atoms with van der Waals surface area (Å²) in [6.07, 6.45) is -2.86. The van der Waals surface area contributed by atoms with Crippen LogP contribution < -0.4 is 0 Å². The number of hydrogen-bond donors (Lipinski definition) is 8. The summed E-state index contributed by atoms with van der Waals surface area (Å²) in [6.45, 7) is 22.8. The van der Waals surface area contributed by atoms with Gasteiger partial charge in [0, 0.05) is 6.42 Å². The lowest BCUT2D eigenvalue weighted by atomic mass is 9.70. The number of cyclic esters (lactones) is 1. The van der Waals surface area contributed by atoms with E-state index in [9.17, 15) is 39.6 Å². The number of ketones is 2. The Balaban J connectivity index is 0.000000305. The number of rotatable bonds is 8. The van der Waals surface area contributed by atoms with Crippen molar-refractivity contribution in [2.24, 2.45) is 10.8 Å². The maximum absolute atomic E-state index is 12.8. The standard InChI is InChI=1S/C20H28O6.C13H20O2.C6H6O7/c1-10(2)7-13-11(3)16(23)15(8-20(13,5)6)26-19-17(24)12(4)25-18(19)14(22)9-21;1-8(2)6-10-9(3)12(15)11(14)7-13(10,4)5;7-1-2(8)6(12)13-4(1)3(9)5(10)11/h7,14-15,18,21-22,24H,4,8-9H2,1-3,5-6H3;6,11,14H,7H2,1-5H3;3-4,7-9H,(H,10,11)/t14-,15?,18+;;3-,4+/m0.1/s1. The number of ether oxygens (including phenoxy) is 3. The first-order valence-electron chi connectivity index (χ1n) is 17.2. The Morgan fingerprint density at radius 1 is 0.852 bits per heavy atom. The van der Waals surface area contributed by atoms with Crippen molar-refractivity contribution in [3.63, 3.8) is 0 Å². The Morgan fingerprint density at radius 3 is 1.76 bits per heavy atom. The second-order valence-corrected chi connectivity index (χ2v) is 15.3. The van der Waals surface area contributed by atoms with Crippen molar-refractivity contribution in [2.75, 3.05) is 6.61 Å². The number of carbonyl (C=O) groups excluding carboxylic acids is 3. The molecule has 300 valence electrons. The highest BCUT2D eigenvalue weighted by molar-refractivity contribution is 6.01. The number of Topliss-reactive ketones (excluding diaryl/α,β-unsaturated/α-hetero) is 2. The van der Waals surface area contributed by atoms with Gasteiger partial charge in [-0.25, -0.2) is 9.59 Å². The average molecular weight is 763 g/mol. The van der Waals surface area contributed by atoms with Crippen LogP contribution in [0.15, 0.2) is 81.0 Å². The van der Waals surface area contributed by atoms with Crippen molar-refractivity contribution in [3.8, 4) is 0 Å². The minimum Gasteiger partial charge on any atom is -0.505 e. The van der Waals surface area contributed by atoms with Crippen LogP contribution in [0.3, 0.4) is 0 Å². The molecule has 0 aromatic rings. The van der Waals surface area contributed by atoms with Gasteiger partial charge in [-0.05, 0) is 81.1 Å². The van der Waals surface area contributed by atoms with Crippen molar-refractivity contribution in [1.82, 2.24) is 0 Å². The lowest BCUT2D eigenvalue weighted by Gasteiger charge is -2.37. The van der Waals surface area contributed by atoms with Crippen molar-refractivity contribution in [2.45, 2.75) is 119 Å². The number of allylic oxidation sites excluding steroid dienone is 6. The van der Waals surface area contributed by atoms with Crippen molar-refractivity contribution in [1.29, 1.82) is 0 Å². The fourth-order valence-electron chi connectivity index (χ4n) is 6.37. The molecule has 8 N–H and O–H groups in total. The van der Waals surface area contributed by atoms with E-state index >= 15 is 0 Å². The summed E-state index contributed by atoms with van der Waals surface area (Å²) in [5, 5.41) is 73.6. The van der Waals surface area contributed by atoms with Crippen LogP contribution in [0.2, 0.25) is 0 Å². The van der Waals surface area contributed by atoms with Gasteiger partial charge in [-0.15, -0.1) is 0 Å². The number of carboxylic acid groups (broad SMARTS) is 1. The number of hydrogen-bond acceptors (Lipinski definition) is 14. The third kappa shape index (κ3) is 10.3. The molecule has 0 aromatic carbocycles. The molecule has 0 bridgehead atoms. The van der Waals surface area contributed by atoms with Gasteiger partial charge in [-0.3, -0.25) is 9.59 Å². The largest absolute Gasteiger partial charge is 0.505 e. The van der Waals surface area contributed by atoms with E-state index < -0.39 is 66.7 Å². The van der Waals surface area contributed by atoms with E-state index in [-0.39, 0.29) is 39.7 Å². The van der Waals surface area contributed by atoms with Gasteiger partial charge in [0.05, 0.1) is 6.61 Å². The van der Waals surface area contributed by atoms with Gasteiger partial charge in [-0.1, -0.05) is 57.6 Å². The molecular formula is C39H54O15. The number of aliphatic hydroxyl groups is 7. The van der Waals surface area contributed by atoms with Crippen LogP contribution in [0.1, 0.15) is 82.1 Å². The second-order valence-electron chi connectivity index (χ2n) is 15.3. The third-order valence-electron chi connectivity index (χ3n) is 9.18. The van der Waals surface area contributed by atoms with Crippen molar-refractivity contribution in [3.05, 3.63) is 81.0 Å². The maximum atomic E-state index is 12.8. The zero-order chi connectivity index (χ0) is 41.8. The van der Waals surface area contributed by atoms with Gasteiger partial charge < -0.3 is 55.1 Å². The zero-order valence-electron chi connectivity index (χ0n) is 32.4. The molecule has 2 aliphatic carbocycles. The van der Waals surface area contributed by atoms with Crippen LogP contribution in [-0.4, -0.2) is 108 Å². The summed E-state index contributed by atoms with van der Waals surface area (Å²) in [5.41, 5.74) is 5.22. The van der Waals surface area contributed by atoms with Crippen LogP contribution in [0, 0.1) is 10.8 Å². The van der Waals surface area contributed by atoms with E-state index in [4.69, 9.17) is 29.9 Å². The SMILES string of the molecule is C=C1O[C@H]([C@@H](O)CO)C(OC2CC(C)(C)C(C=C(C)C)=C(C)C2=O)=C1O.CC(C)=CC1=C(C)C(=O)C(O)CC1(C)C.O=C1O[C@H]([C@@H](O)C(=O)O)C(O)=C1O. The quantitative estimate of drug-likeness (QED) is 0.163. The fraction of sp³-hybridized carbons (Fsp3) is 0.538. The molecule has 15 heteroatoms. The molecule has 0 saturated carbocycles. The van der Waals surface area contributed by atoms with E-state index in [2.05, 4.69) is 31.2 Å². The molecule has 54 heavy (non-hydrogen) atoms. The highest BCUT2D eigenvalue weighted by Crippen LogP contribution is 2.43. The lowest BCUT2D eigenvalue weighted by Crippen LogP contribution is -2.40. The number of aliphatic hydroxyl groups excluding tert-OH is 7. The Hall–Kier alpha value is -4.70. The van der Waals surface area contributed by atoms with E-state index in [1.807, 2.05) is 47.6 Å². The van der Waals surface area contributed by atoms with E-state index in [1.54, 1.807) is 13.8 Å². The van der Waals surface area contributed by atoms with Gasteiger partial charge in [0.2, 0.25) is 5.76 Å². The Morgan fingerprint density at radius 2 is 1.33 bits per heavy atom. The lowest BCUT2D eigenvalue weighted by molar-refractivity contribution is -0.159.